The van der Waals surface area contributed by atoms with Crippen LogP contribution in [0.25, 0.3) is 6.08 Å². The van der Waals surface area contributed by atoms with Gasteiger partial charge in [0.15, 0.2) is 0 Å². The summed E-state index contributed by atoms with van der Waals surface area (Å²) in [4.78, 5) is 27.3. The quantitative estimate of drug-likeness (QED) is 0.371. The van der Waals surface area contributed by atoms with Crippen LogP contribution in [0.4, 0.5) is 13.2 Å². The molecule has 9 heteroatoms. The molecule has 3 aromatic rings. The minimum atomic E-state index is -4.47. The number of Topliss-reactive ketones (excluding diaryl/α,β-unsaturated/α-hetero) is 1. The number of alkyl halides is 3. The zero-order chi connectivity index (χ0) is 20.9. The first-order valence-electron chi connectivity index (χ1n) is 8.37. The number of hydrogen-bond acceptors (Lipinski definition) is 5. The number of halogens is 3. The molecule has 0 saturated carbocycles. The number of carbonyl (C=O) groups is 2. The largest absolute Gasteiger partial charge is 0.416 e. The van der Waals surface area contributed by atoms with E-state index in [0.717, 1.165) is 12.1 Å². The first kappa shape index (κ1) is 20.0. The van der Waals surface area contributed by atoms with E-state index in [-0.39, 0.29) is 23.8 Å². The molecule has 3 rings (SSSR count). The second-order valence-corrected chi connectivity index (χ2v) is 5.95. The van der Waals surface area contributed by atoms with Crippen LogP contribution in [0.5, 0.6) is 0 Å². The lowest BCUT2D eigenvalue weighted by molar-refractivity contribution is -0.137. The summed E-state index contributed by atoms with van der Waals surface area (Å²) >= 11 is 0. The molecule has 2 aromatic carbocycles. The van der Waals surface area contributed by atoms with E-state index >= 15 is 0 Å². The van der Waals surface area contributed by atoms with Gasteiger partial charge in [-0.05, 0) is 23.3 Å². The number of carbonyl (C=O) groups excluding carboxylic acids is 2. The van der Waals surface area contributed by atoms with Crippen LogP contribution < -0.4 is 5.32 Å². The maximum Gasteiger partial charge on any atom is 0.416 e. The highest BCUT2D eigenvalue weighted by molar-refractivity contribution is 6.09. The van der Waals surface area contributed by atoms with Gasteiger partial charge >= 0.3 is 6.18 Å². The van der Waals surface area contributed by atoms with Crippen molar-refractivity contribution >= 4 is 18.3 Å². The third-order valence-electron chi connectivity index (χ3n) is 3.85. The second-order valence-electron chi connectivity index (χ2n) is 5.95. The third kappa shape index (κ3) is 5.16. The van der Waals surface area contributed by atoms with Gasteiger partial charge in [0.1, 0.15) is 0 Å². The molecular weight excluding hydrogens is 387 g/mol. The average molecular weight is 401 g/mol. The molecule has 0 aliphatic heterocycles. The summed E-state index contributed by atoms with van der Waals surface area (Å²) in [5.41, 5.74) is 0.0955. The van der Waals surface area contributed by atoms with Crippen molar-refractivity contribution in [2.45, 2.75) is 12.6 Å². The summed E-state index contributed by atoms with van der Waals surface area (Å²) in [6.45, 7) is 0. The van der Waals surface area contributed by atoms with E-state index < -0.39 is 17.5 Å². The minimum absolute atomic E-state index is 0.0298. The van der Waals surface area contributed by atoms with Crippen molar-refractivity contribution in [2.24, 2.45) is 0 Å². The standard InChI is InChI=1S/C20H14F3N3O3/c21-20(22,23)15-8-4-7-14(9-15)11-17-25-19(26-29-17)18(28)16(24-12-27)10-13-5-2-1-3-6-13/h1-10,12H,11H2,(H,24,27)/b16-10+. The van der Waals surface area contributed by atoms with Gasteiger partial charge in [-0.3, -0.25) is 9.59 Å². The van der Waals surface area contributed by atoms with Crippen molar-refractivity contribution in [3.8, 4) is 0 Å². The third-order valence-corrected chi connectivity index (χ3v) is 3.85. The smallest absolute Gasteiger partial charge is 0.338 e. The Morgan fingerprint density at radius 3 is 2.55 bits per heavy atom. The van der Waals surface area contributed by atoms with E-state index in [4.69, 9.17) is 4.52 Å². The number of allylic oxidation sites excluding steroid dienone is 1. The van der Waals surface area contributed by atoms with E-state index in [0.29, 0.717) is 17.5 Å². The van der Waals surface area contributed by atoms with Crippen molar-refractivity contribution in [3.63, 3.8) is 0 Å². The van der Waals surface area contributed by atoms with Crippen molar-refractivity contribution in [2.75, 3.05) is 0 Å². The molecule has 0 saturated heterocycles. The van der Waals surface area contributed by atoms with Crippen molar-refractivity contribution in [1.82, 2.24) is 15.5 Å². The molecule has 1 amide bonds. The number of amides is 1. The number of nitrogens with zero attached hydrogens (tertiary/aromatic N) is 2. The molecule has 0 radical (unpaired) electrons. The van der Waals surface area contributed by atoms with E-state index in [9.17, 15) is 22.8 Å². The molecule has 0 spiro atoms. The van der Waals surface area contributed by atoms with Gasteiger partial charge in [-0.25, -0.2) is 0 Å². The Balaban J connectivity index is 1.80. The predicted octanol–water partition coefficient (Wildman–Crippen LogP) is 3.65. The summed E-state index contributed by atoms with van der Waals surface area (Å²) < 4.78 is 43.4. The summed E-state index contributed by atoms with van der Waals surface area (Å²) in [5, 5.41) is 5.87. The van der Waals surface area contributed by atoms with Gasteiger partial charge in [-0.15, -0.1) is 0 Å². The monoisotopic (exact) mass is 401 g/mol. The Morgan fingerprint density at radius 2 is 1.86 bits per heavy atom. The van der Waals surface area contributed by atoms with Gasteiger partial charge in [0, 0.05) is 0 Å². The van der Waals surface area contributed by atoms with Crippen LogP contribution in [0.1, 0.15) is 33.2 Å². The molecule has 1 aromatic heterocycles. The first-order chi connectivity index (χ1) is 13.9. The Hall–Kier alpha value is -3.75. The number of rotatable bonds is 7. The van der Waals surface area contributed by atoms with Gasteiger partial charge in [0.05, 0.1) is 17.7 Å². The van der Waals surface area contributed by atoms with Crippen LogP contribution in [0, 0.1) is 0 Å². The molecule has 0 aliphatic carbocycles. The fourth-order valence-electron chi connectivity index (χ4n) is 2.52. The highest BCUT2D eigenvalue weighted by atomic mass is 19.4. The van der Waals surface area contributed by atoms with E-state index in [1.165, 1.54) is 18.2 Å². The number of ketones is 1. The lowest BCUT2D eigenvalue weighted by Gasteiger charge is -2.07. The molecule has 0 atom stereocenters. The van der Waals surface area contributed by atoms with Crippen LogP contribution in [0.3, 0.4) is 0 Å². The molecule has 0 aliphatic rings. The lowest BCUT2D eigenvalue weighted by Crippen LogP contribution is -2.20. The number of benzene rings is 2. The second kappa shape index (κ2) is 8.51. The average Bonchev–Trinajstić information content (AvgIpc) is 3.16. The highest BCUT2D eigenvalue weighted by Crippen LogP contribution is 2.29. The fourth-order valence-corrected chi connectivity index (χ4v) is 2.52. The zero-order valence-electron chi connectivity index (χ0n) is 14.8. The molecule has 0 unspecified atom stereocenters. The molecule has 1 N–H and O–H groups in total. The van der Waals surface area contributed by atoms with Crippen LogP contribution in [-0.4, -0.2) is 22.3 Å². The molecule has 1 heterocycles. The molecule has 148 valence electrons. The SMILES string of the molecule is O=CN/C(=C/c1ccccc1)C(=O)c1noc(Cc2cccc(C(F)(F)F)c2)n1. The first-order valence-corrected chi connectivity index (χ1v) is 8.37. The molecule has 6 nitrogen and oxygen atoms in total. The Kier molecular flexibility index (Phi) is 5.87. The van der Waals surface area contributed by atoms with E-state index in [1.807, 2.05) is 0 Å². The van der Waals surface area contributed by atoms with Crippen LogP contribution in [-0.2, 0) is 17.4 Å². The van der Waals surface area contributed by atoms with Gasteiger partial charge < -0.3 is 9.84 Å². The normalized spacial score (nSPS) is 11.9. The highest BCUT2D eigenvalue weighted by Gasteiger charge is 2.30. The van der Waals surface area contributed by atoms with E-state index in [2.05, 4.69) is 15.5 Å². The zero-order valence-corrected chi connectivity index (χ0v) is 14.8. The molecule has 0 bridgehead atoms. The maximum absolute atomic E-state index is 12.8. The molecule has 0 fully saturated rings. The number of hydrogen-bond donors (Lipinski definition) is 1. The summed E-state index contributed by atoms with van der Waals surface area (Å²) in [6, 6.07) is 13.5. The van der Waals surface area contributed by atoms with Crippen LogP contribution in [0.15, 0.2) is 64.8 Å². The van der Waals surface area contributed by atoms with Gasteiger partial charge in [0.2, 0.25) is 23.9 Å². The van der Waals surface area contributed by atoms with Crippen molar-refractivity contribution < 1.29 is 27.3 Å². The Labute approximate surface area is 163 Å². The topological polar surface area (TPSA) is 85.1 Å². The van der Waals surface area contributed by atoms with Crippen molar-refractivity contribution in [1.29, 1.82) is 0 Å². The summed E-state index contributed by atoms with van der Waals surface area (Å²) in [5.74, 6) is -1.04. The van der Waals surface area contributed by atoms with Gasteiger partial charge in [-0.1, -0.05) is 53.7 Å². The predicted molar refractivity (Wildman–Crippen MR) is 96.5 cm³/mol. The van der Waals surface area contributed by atoms with Gasteiger partial charge in [0.25, 0.3) is 0 Å². The lowest BCUT2D eigenvalue weighted by atomic mass is 10.1. The summed E-state index contributed by atoms with van der Waals surface area (Å²) in [7, 11) is 0. The van der Waals surface area contributed by atoms with Crippen LogP contribution in [0.2, 0.25) is 0 Å². The fraction of sp³-hybridized carbons (Fsp3) is 0.100. The Bertz CT molecular complexity index is 1040. The number of nitrogens with one attached hydrogen (secondary N) is 1. The molecular formula is C20H14F3N3O3. The van der Waals surface area contributed by atoms with Crippen molar-refractivity contribution in [3.05, 3.63) is 88.7 Å². The Morgan fingerprint density at radius 1 is 1.10 bits per heavy atom. The maximum atomic E-state index is 12.8. The molecule has 29 heavy (non-hydrogen) atoms. The van der Waals surface area contributed by atoms with Gasteiger partial charge in [-0.2, -0.15) is 18.2 Å². The van der Waals surface area contributed by atoms with E-state index in [1.54, 1.807) is 30.3 Å². The number of aromatic nitrogens is 2. The summed E-state index contributed by atoms with van der Waals surface area (Å²) in [6.07, 6.45) is -2.76. The van der Waals surface area contributed by atoms with Crippen LogP contribution >= 0.6 is 0 Å². The minimum Gasteiger partial charge on any atom is -0.338 e.